The van der Waals surface area contributed by atoms with Gasteiger partial charge < -0.3 is 5.11 Å². The van der Waals surface area contributed by atoms with Crippen LogP contribution in [0.25, 0.3) is 10.9 Å². The lowest BCUT2D eigenvalue weighted by Crippen LogP contribution is -2.13. The topological polar surface area (TPSA) is 50.2 Å². The van der Waals surface area contributed by atoms with Crippen molar-refractivity contribution in [2.75, 3.05) is 0 Å². The van der Waals surface area contributed by atoms with Crippen LogP contribution in [0.1, 0.15) is 44.0 Å². The highest BCUT2D eigenvalue weighted by atomic mass is 16.4. The first-order chi connectivity index (χ1) is 9.29. The van der Waals surface area contributed by atoms with Gasteiger partial charge in [-0.2, -0.15) is 0 Å². The summed E-state index contributed by atoms with van der Waals surface area (Å²) in [6.45, 7) is 8.56. The number of hydrogen-bond acceptors (Lipinski definition) is 2. The third-order valence-electron chi connectivity index (χ3n) is 3.50. The smallest absolute Gasteiger partial charge is 0.303 e. The maximum Gasteiger partial charge on any atom is 0.303 e. The molecule has 106 valence electrons. The van der Waals surface area contributed by atoms with Gasteiger partial charge in [0.25, 0.3) is 0 Å². The standard InChI is InChI=1S/C17H21NO2/c1-11-10-12(8-9-15(19)20)18-16-13(11)6-5-7-14(16)17(2,3)4/h5-7,10H,8-9H2,1-4H3,(H,19,20). The number of carboxylic acids is 1. The van der Waals surface area contributed by atoms with Gasteiger partial charge in [-0.25, -0.2) is 0 Å². The van der Waals surface area contributed by atoms with E-state index >= 15 is 0 Å². The van der Waals surface area contributed by atoms with Crippen LogP contribution < -0.4 is 0 Å². The molecule has 0 radical (unpaired) electrons. The van der Waals surface area contributed by atoms with Crippen molar-refractivity contribution in [1.82, 2.24) is 4.98 Å². The molecule has 3 nitrogen and oxygen atoms in total. The third kappa shape index (κ3) is 2.98. The molecule has 0 amide bonds. The van der Waals surface area contributed by atoms with E-state index in [1.54, 1.807) is 0 Å². The highest BCUT2D eigenvalue weighted by molar-refractivity contribution is 5.86. The minimum absolute atomic E-state index is 0.0182. The Balaban J connectivity index is 2.58. The average molecular weight is 271 g/mol. The average Bonchev–Trinajstić information content (AvgIpc) is 2.34. The Labute approximate surface area is 119 Å². The molecule has 2 aromatic rings. The molecule has 0 aliphatic rings. The number of aromatic nitrogens is 1. The molecule has 3 heteroatoms. The number of aliphatic carboxylic acids is 1. The van der Waals surface area contributed by atoms with Crippen molar-refractivity contribution in [2.45, 2.75) is 46.0 Å². The fourth-order valence-corrected chi connectivity index (χ4v) is 2.45. The number of aryl methyl sites for hydroxylation is 2. The number of rotatable bonds is 3. The van der Waals surface area contributed by atoms with Crippen molar-refractivity contribution >= 4 is 16.9 Å². The molecule has 2 rings (SSSR count). The summed E-state index contributed by atoms with van der Waals surface area (Å²) in [5, 5.41) is 9.96. The van der Waals surface area contributed by atoms with Crippen LogP contribution in [0.15, 0.2) is 24.3 Å². The summed E-state index contributed by atoms with van der Waals surface area (Å²) in [7, 11) is 0. The Hall–Kier alpha value is -1.90. The van der Waals surface area contributed by atoms with Gasteiger partial charge >= 0.3 is 5.97 Å². The van der Waals surface area contributed by atoms with Gasteiger partial charge in [-0.3, -0.25) is 9.78 Å². The van der Waals surface area contributed by atoms with Crippen molar-refractivity contribution in [3.63, 3.8) is 0 Å². The van der Waals surface area contributed by atoms with E-state index in [9.17, 15) is 4.79 Å². The SMILES string of the molecule is Cc1cc(CCC(=O)O)nc2c(C(C)(C)C)cccc12. The Morgan fingerprint density at radius 1 is 1.30 bits per heavy atom. The number of carbonyl (C=O) groups is 1. The van der Waals surface area contributed by atoms with Gasteiger partial charge in [-0.1, -0.05) is 39.0 Å². The molecule has 20 heavy (non-hydrogen) atoms. The second-order valence-electron chi connectivity index (χ2n) is 6.28. The number of carboxylic acid groups (broad SMARTS) is 1. The van der Waals surface area contributed by atoms with E-state index in [1.165, 1.54) is 5.56 Å². The molecule has 1 aromatic heterocycles. The number of benzene rings is 1. The second kappa shape index (κ2) is 5.23. The van der Waals surface area contributed by atoms with Crippen molar-refractivity contribution in [2.24, 2.45) is 0 Å². The summed E-state index contributed by atoms with van der Waals surface area (Å²) >= 11 is 0. The lowest BCUT2D eigenvalue weighted by atomic mass is 9.85. The summed E-state index contributed by atoms with van der Waals surface area (Å²) in [4.78, 5) is 15.4. The molecule has 0 saturated carbocycles. The molecular weight excluding hydrogens is 250 g/mol. The molecule has 0 aliphatic carbocycles. The van der Waals surface area contributed by atoms with Crippen molar-refractivity contribution in [1.29, 1.82) is 0 Å². The van der Waals surface area contributed by atoms with Gasteiger partial charge in [0.1, 0.15) is 0 Å². The fraction of sp³-hybridized carbons (Fsp3) is 0.412. The van der Waals surface area contributed by atoms with Crippen LogP contribution in [0.4, 0.5) is 0 Å². The van der Waals surface area contributed by atoms with Crippen LogP contribution in [0.5, 0.6) is 0 Å². The fourth-order valence-electron chi connectivity index (χ4n) is 2.45. The number of hydrogen-bond donors (Lipinski definition) is 1. The predicted molar refractivity (Wildman–Crippen MR) is 81.1 cm³/mol. The summed E-state index contributed by atoms with van der Waals surface area (Å²) in [5.41, 5.74) is 4.23. The van der Waals surface area contributed by atoms with E-state index < -0.39 is 5.97 Å². The van der Waals surface area contributed by atoms with E-state index in [0.29, 0.717) is 6.42 Å². The van der Waals surface area contributed by atoms with Crippen LogP contribution in [0.3, 0.4) is 0 Å². The van der Waals surface area contributed by atoms with Gasteiger partial charge in [0.15, 0.2) is 0 Å². The van der Waals surface area contributed by atoms with Crippen LogP contribution in [0, 0.1) is 6.92 Å². The molecule has 1 N–H and O–H groups in total. The quantitative estimate of drug-likeness (QED) is 0.922. The van der Waals surface area contributed by atoms with Gasteiger partial charge in [0.2, 0.25) is 0 Å². The van der Waals surface area contributed by atoms with E-state index in [4.69, 9.17) is 10.1 Å². The zero-order valence-corrected chi connectivity index (χ0v) is 12.5. The zero-order valence-electron chi connectivity index (χ0n) is 12.5. The Kier molecular flexibility index (Phi) is 3.80. The molecule has 0 aliphatic heterocycles. The van der Waals surface area contributed by atoms with Crippen molar-refractivity contribution < 1.29 is 9.90 Å². The van der Waals surface area contributed by atoms with Gasteiger partial charge in [-0.05, 0) is 29.5 Å². The maximum atomic E-state index is 10.7. The van der Waals surface area contributed by atoms with Gasteiger partial charge in [0.05, 0.1) is 11.9 Å². The first-order valence-electron chi connectivity index (χ1n) is 6.90. The number of nitrogens with zero attached hydrogens (tertiary/aromatic N) is 1. The monoisotopic (exact) mass is 271 g/mol. The van der Waals surface area contributed by atoms with Gasteiger partial charge in [-0.15, -0.1) is 0 Å². The van der Waals surface area contributed by atoms with Gasteiger partial charge in [0, 0.05) is 17.5 Å². The minimum atomic E-state index is -0.784. The molecule has 0 spiro atoms. The molecular formula is C17H21NO2. The van der Waals surface area contributed by atoms with Crippen molar-refractivity contribution in [3.05, 3.63) is 41.1 Å². The normalized spacial score (nSPS) is 11.8. The molecule has 0 bridgehead atoms. The molecule has 0 saturated heterocycles. The number of pyridine rings is 1. The molecule has 0 unspecified atom stereocenters. The molecule has 1 aromatic carbocycles. The van der Waals surface area contributed by atoms with Crippen LogP contribution in [-0.2, 0) is 16.6 Å². The largest absolute Gasteiger partial charge is 0.481 e. The van der Waals surface area contributed by atoms with E-state index in [0.717, 1.165) is 22.2 Å². The van der Waals surface area contributed by atoms with Crippen LogP contribution in [0.2, 0.25) is 0 Å². The maximum absolute atomic E-state index is 10.7. The Morgan fingerprint density at radius 3 is 2.60 bits per heavy atom. The Bertz CT molecular complexity index is 654. The van der Waals surface area contributed by atoms with E-state index in [-0.39, 0.29) is 11.8 Å². The Morgan fingerprint density at radius 2 is 2.00 bits per heavy atom. The minimum Gasteiger partial charge on any atom is -0.481 e. The second-order valence-corrected chi connectivity index (χ2v) is 6.28. The zero-order chi connectivity index (χ0) is 14.9. The molecule has 1 heterocycles. The summed E-state index contributed by atoms with van der Waals surface area (Å²) in [5.74, 6) is -0.784. The first kappa shape index (κ1) is 14.5. The lowest BCUT2D eigenvalue weighted by Gasteiger charge is -2.21. The lowest BCUT2D eigenvalue weighted by molar-refractivity contribution is -0.136. The first-order valence-corrected chi connectivity index (χ1v) is 6.90. The summed E-state index contributed by atoms with van der Waals surface area (Å²) < 4.78 is 0. The summed E-state index contributed by atoms with van der Waals surface area (Å²) in [6.07, 6.45) is 0.597. The van der Waals surface area contributed by atoms with Crippen LogP contribution in [-0.4, -0.2) is 16.1 Å². The molecule has 0 atom stereocenters. The molecule has 0 fully saturated rings. The highest BCUT2D eigenvalue weighted by Crippen LogP contribution is 2.30. The predicted octanol–water partition coefficient (Wildman–Crippen LogP) is 3.86. The summed E-state index contributed by atoms with van der Waals surface area (Å²) in [6, 6.07) is 8.25. The van der Waals surface area contributed by atoms with Crippen LogP contribution >= 0.6 is 0 Å². The number of fused-ring (bicyclic) bond motifs is 1. The third-order valence-corrected chi connectivity index (χ3v) is 3.50. The van der Waals surface area contributed by atoms with E-state index in [2.05, 4.69) is 45.9 Å². The van der Waals surface area contributed by atoms with E-state index in [1.807, 2.05) is 6.07 Å². The van der Waals surface area contributed by atoms with Crippen molar-refractivity contribution in [3.8, 4) is 0 Å². The number of para-hydroxylation sites is 1. The highest BCUT2D eigenvalue weighted by Gasteiger charge is 2.18.